The lowest BCUT2D eigenvalue weighted by atomic mass is 10.0. The normalized spacial score (nSPS) is 11.0. The van der Waals surface area contributed by atoms with Gasteiger partial charge in [0.1, 0.15) is 17.9 Å². The van der Waals surface area contributed by atoms with E-state index in [1.807, 2.05) is 49.5 Å². The van der Waals surface area contributed by atoms with E-state index in [1.165, 1.54) is 0 Å². The summed E-state index contributed by atoms with van der Waals surface area (Å²) in [6.07, 6.45) is 3.27. The fourth-order valence-electron chi connectivity index (χ4n) is 2.91. The van der Waals surface area contributed by atoms with Crippen LogP contribution in [-0.4, -0.2) is 17.0 Å². The first-order valence-electron chi connectivity index (χ1n) is 7.95. The molecule has 0 saturated carbocycles. The largest absolute Gasteiger partial charge is 0.467 e. The summed E-state index contributed by atoms with van der Waals surface area (Å²) in [6, 6.07) is 17.8. The number of aromatic nitrogens is 2. The molecule has 0 amide bonds. The predicted octanol–water partition coefficient (Wildman–Crippen LogP) is 5.18. The first-order valence-corrected chi connectivity index (χ1v) is 8.33. The molecule has 0 aliphatic heterocycles. The van der Waals surface area contributed by atoms with E-state index in [0.717, 1.165) is 38.6 Å². The van der Waals surface area contributed by atoms with E-state index < -0.39 is 0 Å². The number of fused-ring (bicyclic) bond motifs is 1. The molecule has 2 aromatic carbocycles. The Balaban J connectivity index is 1.78. The molecule has 0 aliphatic rings. The van der Waals surface area contributed by atoms with Crippen LogP contribution in [0.25, 0.3) is 22.0 Å². The van der Waals surface area contributed by atoms with Crippen molar-refractivity contribution >= 4 is 28.3 Å². The highest BCUT2D eigenvalue weighted by Crippen LogP contribution is 2.30. The molecule has 4 rings (SSSR count). The van der Waals surface area contributed by atoms with E-state index in [4.69, 9.17) is 16.0 Å². The molecule has 0 saturated heterocycles. The lowest BCUT2D eigenvalue weighted by molar-refractivity contribution is 0.507. The third-order valence-electron chi connectivity index (χ3n) is 4.11. The summed E-state index contributed by atoms with van der Waals surface area (Å²) in [5.41, 5.74) is 3.05. The van der Waals surface area contributed by atoms with Crippen LogP contribution in [0.1, 0.15) is 5.76 Å². The molecule has 25 heavy (non-hydrogen) atoms. The van der Waals surface area contributed by atoms with Crippen molar-refractivity contribution in [2.75, 3.05) is 11.9 Å². The summed E-state index contributed by atoms with van der Waals surface area (Å²) < 4.78 is 5.44. The number of rotatable bonds is 4. The molecule has 0 spiro atoms. The summed E-state index contributed by atoms with van der Waals surface area (Å²) in [6.45, 7) is 0.639. The van der Waals surface area contributed by atoms with E-state index in [-0.39, 0.29) is 0 Å². The van der Waals surface area contributed by atoms with E-state index >= 15 is 0 Å². The highest BCUT2D eigenvalue weighted by Gasteiger charge is 2.11. The van der Waals surface area contributed by atoms with Crippen molar-refractivity contribution < 1.29 is 4.42 Å². The first kappa shape index (κ1) is 15.7. The minimum atomic E-state index is 0.639. The average molecular weight is 350 g/mol. The maximum Gasteiger partial charge on any atom is 0.140 e. The van der Waals surface area contributed by atoms with Crippen LogP contribution in [0.3, 0.4) is 0 Å². The van der Waals surface area contributed by atoms with Crippen molar-refractivity contribution in [2.45, 2.75) is 6.54 Å². The van der Waals surface area contributed by atoms with Gasteiger partial charge in [0.05, 0.1) is 18.3 Å². The Labute approximate surface area is 150 Å². The quantitative estimate of drug-likeness (QED) is 0.509. The number of nitrogens with zero attached hydrogens (tertiary/aromatic N) is 3. The van der Waals surface area contributed by atoms with E-state index in [9.17, 15) is 0 Å². The van der Waals surface area contributed by atoms with Gasteiger partial charge >= 0.3 is 0 Å². The summed E-state index contributed by atoms with van der Waals surface area (Å²) in [7, 11) is 2.00. The second-order valence-corrected chi connectivity index (χ2v) is 6.31. The molecule has 0 fully saturated rings. The maximum atomic E-state index is 6.13. The Morgan fingerprint density at radius 1 is 1.00 bits per heavy atom. The van der Waals surface area contributed by atoms with E-state index in [2.05, 4.69) is 27.0 Å². The van der Waals surface area contributed by atoms with Crippen molar-refractivity contribution in [1.29, 1.82) is 0 Å². The van der Waals surface area contributed by atoms with Crippen LogP contribution < -0.4 is 4.90 Å². The second-order valence-electron chi connectivity index (χ2n) is 5.87. The van der Waals surface area contributed by atoms with Gasteiger partial charge in [-0.3, -0.25) is 0 Å². The molecule has 2 heterocycles. The minimum absolute atomic E-state index is 0.639. The van der Waals surface area contributed by atoms with Crippen molar-refractivity contribution in [3.05, 3.63) is 78.0 Å². The van der Waals surface area contributed by atoms with Gasteiger partial charge in [0.2, 0.25) is 0 Å². The standard InChI is InChI=1S/C20H16ClN3O/c1-24(12-17-6-3-9-25-17)20-18-11-15(7-8-19(18)22-13-23-20)14-4-2-5-16(21)10-14/h2-11,13H,12H2,1H3. The van der Waals surface area contributed by atoms with Crippen LogP contribution in [0.15, 0.2) is 71.6 Å². The zero-order chi connectivity index (χ0) is 17.2. The summed E-state index contributed by atoms with van der Waals surface area (Å²) in [4.78, 5) is 10.9. The lowest BCUT2D eigenvalue weighted by Gasteiger charge is -2.18. The maximum absolute atomic E-state index is 6.13. The van der Waals surface area contributed by atoms with Gasteiger partial charge in [-0.15, -0.1) is 0 Å². The number of hydrogen-bond donors (Lipinski definition) is 0. The Kier molecular flexibility index (Phi) is 4.12. The van der Waals surface area contributed by atoms with Crippen molar-refractivity contribution in [3.8, 4) is 11.1 Å². The van der Waals surface area contributed by atoms with Crippen LogP contribution >= 0.6 is 11.6 Å². The van der Waals surface area contributed by atoms with Gasteiger partial charge in [-0.05, 0) is 47.5 Å². The summed E-state index contributed by atoms with van der Waals surface area (Å²) in [5, 5.41) is 1.71. The minimum Gasteiger partial charge on any atom is -0.467 e. The SMILES string of the molecule is CN(Cc1ccco1)c1ncnc2ccc(-c3cccc(Cl)c3)cc12. The fourth-order valence-corrected chi connectivity index (χ4v) is 3.10. The smallest absolute Gasteiger partial charge is 0.140 e. The predicted molar refractivity (Wildman–Crippen MR) is 101 cm³/mol. The van der Waals surface area contributed by atoms with Crippen molar-refractivity contribution in [2.24, 2.45) is 0 Å². The number of halogens is 1. The fraction of sp³-hybridized carbons (Fsp3) is 0.100. The second kappa shape index (κ2) is 6.57. The van der Waals surface area contributed by atoms with Gasteiger partial charge in [-0.1, -0.05) is 29.8 Å². The summed E-state index contributed by atoms with van der Waals surface area (Å²) in [5.74, 6) is 1.76. The van der Waals surface area contributed by atoms with Gasteiger partial charge in [0.25, 0.3) is 0 Å². The van der Waals surface area contributed by atoms with Crippen LogP contribution in [0.2, 0.25) is 5.02 Å². The van der Waals surface area contributed by atoms with E-state index in [1.54, 1.807) is 12.6 Å². The van der Waals surface area contributed by atoms with Gasteiger partial charge in [-0.25, -0.2) is 9.97 Å². The van der Waals surface area contributed by atoms with Gasteiger partial charge in [-0.2, -0.15) is 0 Å². The molecule has 0 aliphatic carbocycles. The van der Waals surface area contributed by atoms with Crippen molar-refractivity contribution in [1.82, 2.24) is 9.97 Å². The lowest BCUT2D eigenvalue weighted by Crippen LogP contribution is -2.17. The number of benzene rings is 2. The Morgan fingerprint density at radius 3 is 2.68 bits per heavy atom. The highest BCUT2D eigenvalue weighted by molar-refractivity contribution is 6.30. The molecule has 4 aromatic rings. The van der Waals surface area contributed by atoms with Crippen LogP contribution in [0, 0.1) is 0 Å². The Hall–Kier alpha value is -2.85. The van der Waals surface area contributed by atoms with Crippen molar-refractivity contribution in [3.63, 3.8) is 0 Å². The molecule has 0 unspecified atom stereocenters. The highest BCUT2D eigenvalue weighted by atomic mass is 35.5. The molecule has 0 atom stereocenters. The molecule has 0 radical (unpaired) electrons. The molecule has 0 N–H and O–H groups in total. The van der Waals surface area contributed by atoms with Crippen LogP contribution in [0.4, 0.5) is 5.82 Å². The van der Waals surface area contributed by atoms with Gasteiger partial charge < -0.3 is 9.32 Å². The molecule has 2 aromatic heterocycles. The summed E-state index contributed by atoms with van der Waals surface area (Å²) >= 11 is 6.13. The zero-order valence-corrected chi connectivity index (χ0v) is 14.4. The topological polar surface area (TPSA) is 42.2 Å². The Bertz CT molecular complexity index is 1010. The molecule has 124 valence electrons. The Morgan fingerprint density at radius 2 is 1.88 bits per heavy atom. The van der Waals surface area contributed by atoms with Crippen LogP contribution in [-0.2, 0) is 6.54 Å². The number of hydrogen-bond acceptors (Lipinski definition) is 4. The molecule has 0 bridgehead atoms. The average Bonchev–Trinajstić information content (AvgIpc) is 3.13. The zero-order valence-electron chi connectivity index (χ0n) is 13.7. The monoisotopic (exact) mass is 349 g/mol. The van der Waals surface area contributed by atoms with E-state index in [0.29, 0.717) is 6.54 Å². The molecular weight excluding hydrogens is 334 g/mol. The molecule has 4 nitrogen and oxygen atoms in total. The van der Waals surface area contributed by atoms with Gasteiger partial charge in [0.15, 0.2) is 0 Å². The van der Waals surface area contributed by atoms with Crippen LogP contribution in [0.5, 0.6) is 0 Å². The van der Waals surface area contributed by atoms with Gasteiger partial charge in [0, 0.05) is 17.5 Å². The molecule has 5 heteroatoms. The molecular formula is C20H16ClN3O. The number of anilines is 1. The first-order chi connectivity index (χ1) is 12.2. The third kappa shape index (κ3) is 3.21. The number of furan rings is 1. The third-order valence-corrected chi connectivity index (χ3v) is 4.34.